The maximum atomic E-state index is 13.1. The zero-order valence-corrected chi connectivity index (χ0v) is 10.7. The number of rotatable bonds is 3. The molecule has 1 aromatic rings. The Hall–Kier alpha value is -1.49. The van der Waals surface area contributed by atoms with Crippen LogP contribution in [0.25, 0.3) is 0 Å². The van der Waals surface area contributed by atoms with Crippen LogP contribution in [0.1, 0.15) is 36.5 Å². The maximum absolute atomic E-state index is 13.1. The van der Waals surface area contributed by atoms with Crippen molar-refractivity contribution in [1.82, 2.24) is 5.32 Å². The predicted octanol–water partition coefficient (Wildman–Crippen LogP) is 2.25. The first-order chi connectivity index (χ1) is 8.94. The molecule has 1 aliphatic rings. The zero-order chi connectivity index (χ0) is 14.0. The highest BCUT2D eigenvalue weighted by Gasteiger charge is 2.39. The van der Waals surface area contributed by atoms with Crippen LogP contribution in [0.15, 0.2) is 18.2 Å². The molecule has 0 saturated heterocycles. The molecule has 3 nitrogen and oxygen atoms in total. The van der Waals surface area contributed by atoms with E-state index >= 15 is 0 Å². The second-order valence-corrected chi connectivity index (χ2v) is 5.39. The van der Waals surface area contributed by atoms with Crippen LogP contribution in [0.5, 0.6) is 0 Å². The second-order valence-electron chi connectivity index (χ2n) is 5.39. The summed E-state index contributed by atoms with van der Waals surface area (Å²) in [5.74, 6) is -2.06. The number of halogens is 2. The van der Waals surface area contributed by atoms with Gasteiger partial charge in [-0.25, -0.2) is 8.78 Å². The van der Waals surface area contributed by atoms with Crippen molar-refractivity contribution < 1.29 is 18.7 Å². The SMILES string of the molecule is CC1(CO)CCCC1NC(=O)c1cc(F)cc(F)c1. The summed E-state index contributed by atoms with van der Waals surface area (Å²) in [5.41, 5.74) is -0.397. The number of carbonyl (C=O) groups excluding carboxylic acids is 1. The van der Waals surface area contributed by atoms with Gasteiger partial charge < -0.3 is 10.4 Å². The Labute approximate surface area is 110 Å². The number of hydrogen-bond acceptors (Lipinski definition) is 2. The lowest BCUT2D eigenvalue weighted by atomic mass is 9.85. The minimum atomic E-state index is -0.776. The third kappa shape index (κ3) is 2.92. The number of amides is 1. The van der Waals surface area contributed by atoms with E-state index in [1.54, 1.807) is 0 Å². The lowest BCUT2D eigenvalue weighted by Crippen LogP contribution is -2.44. The van der Waals surface area contributed by atoms with E-state index in [0.717, 1.165) is 37.5 Å². The fourth-order valence-corrected chi connectivity index (χ4v) is 2.59. The first kappa shape index (κ1) is 13.9. The molecule has 0 spiro atoms. The average molecular weight is 269 g/mol. The van der Waals surface area contributed by atoms with Gasteiger partial charge in [-0.1, -0.05) is 13.3 Å². The van der Waals surface area contributed by atoms with Crippen molar-refractivity contribution in [2.24, 2.45) is 5.41 Å². The molecule has 1 saturated carbocycles. The number of benzene rings is 1. The van der Waals surface area contributed by atoms with Gasteiger partial charge in [-0.2, -0.15) is 0 Å². The van der Waals surface area contributed by atoms with Gasteiger partial charge in [0, 0.05) is 23.1 Å². The summed E-state index contributed by atoms with van der Waals surface area (Å²) >= 11 is 0. The van der Waals surface area contributed by atoms with Crippen molar-refractivity contribution in [2.45, 2.75) is 32.2 Å². The Morgan fingerprint density at radius 1 is 1.42 bits per heavy atom. The predicted molar refractivity (Wildman–Crippen MR) is 66.7 cm³/mol. The molecule has 2 rings (SSSR count). The zero-order valence-electron chi connectivity index (χ0n) is 10.7. The molecule has 0 aliphatic heterocycles. The minimum Gasteiger partial charge on any atom is -0.396 e. The van der Waals surface area contributed by atoms with Crippen LogP contribution >= 0.6 is 0 Å². The second kappa shape index (κ2) is 5.25. The van der Waals surface area contributed by atoms with E-state index in [2.05, 4.69) is 5.32 Å². The Morgan fingerprint density at radius 2 is 2.05 bits per heavy atom. The molecule has 0 aromatic heterocycles. The Balaban J connectivity index is 2.13. The van der Waals surface area contributed by atoms with Crippen molar-refractivity contribution >= 4 is 5.91 Å². The molecule has 0 radical (unpaired) electrons. The van der Waals surface area contributed by atoms with Gasteiger partial charge in [0.25, 0.3) is 5.91 Å². The van der Waals surface area contributed by atoms with Crippen molar-refractivity contribution in [1.29, 1.82) is 0 Å². The summed E-state index contributed by atoms with van der Waals surface area (Å²) in [6.45, 7) is 1.88. The van der Waals surface area contributed by atoms with Crippen molar-refractivity contribution in [3.8, 4) is 0 Å². The summed E-state index contributed by atoms with van der Waals surface area (Å²) in [6.07, 6.45) is 2.51. The lowest BCUT2D eigenvalue weighted by molar-refractivity contribution is 0.0829. The molecule has 2 atom stereocenters. The van der Waals surface area contributed by atoms with E-state index in [9.17, 15) is 18.7 Å². The molecule has 1 aliphatic carbocycles. The van der Waals surface area contributed by atoms with Gasteiger partial charge in [0.2, 0.25) is 0 Å². The molecular formula is C14H17F2NO2. The van der Waals surface area contributed by atoms with Crippen LogP contribution in [-0.4, -0.2) is 23.7 Å². The van der Waals surface area contributed by atoms with Crippen LogP contribution in [0.3, 0.4) is 0 Å². The normalized spacial score (nSPS) is 26.4. The molecule has 0 heterocycles. The topological polar surface area (TPSA) is 49.3 Å². The third-order valence-electron chi connectivity index (χ3n) is 3.87. The minimum absolute atomic E-state index is 0.0184. The molecule has 2 N–H and O–H groups in total. The summed E-state index contributed by atoms with van der Waals surface area (Å²) in [7, 11) is 0. The molecule has 19 heavy (non-hydrogen) atoms. The molecule has 1 fully saturated rings. The van der Waals surface area contributed by atoms with Crippen LogP contribution in [0.4, 0.5) is 8.78 Å². The Bertz CT molecular complexity index is 472. The standard InChI is InChI=1S/C14H17F2NO2/c1-14(8-18)4-2-3-12(14)17-13(19)9-5-10(15)7-11(16)6-9/h5-7,12,18H,2-4,8H2,1H3,(H,17,19). The van der Waals surface area contributed by atoms with Crippen molar-refractivity contribution in [3.63, 3.8) is 0 Å². The van der Waals surface area contributed by atoms with Crippen LogP contribution in [0.2, 0.25) is 0 Å². The fourth-order valence-electron chi connectivity index (χ4n) is 2.59. The molecular weight excluding hydrogens is 252 g/mol. The highest BCUT2D eigenvalue weighted by molar-refractivity contribution is 5.94. The van der Waals surface area contributed by atoms with E-state index in [1.165, 1.54) is 0 Å². The third-order valence-corrected chi connectivity index (χ3v) is 3.87. The smallest absolute Gasteiger partial charge is 0.251 e. The highest BCUT2D eigenvalue weighted by Crippen LogP contribution is 2.37. The van der Waals surface area contributed by atoms with Crippen LogP contribution < -0.4 is 5.32 Å². The Morgan fingerprint density at radius 3 is 2.63 bits per heavy atom. The van der Waals surface area contributed by atoms with Gasteiger partial charge in [0.05, 0.1) is 6.61 Å². The molecule has 0 bridgehead atoms. The number of hydrogen-bond donors (Lipinski definition) is 2. The van der Waals surface area contributed by atoms with E-state index in [0.29, 0.717) is 0 Å². The van der Waals surface area contributed by atoms with Crippen molar-refractivity contribution in [2.75, 3.05) is 6.61 Å². The number of aliphatic hydroxyl groups is 1. The monoisotopic (exact) mass is 269 g/mol. The van der Waals surface area contributed by atoms with Gasteiger partial charge in [-0.3, -0.25) is 4.79 Å². The number of aliphatic hydroxyl groups excluding tert-OH is 1. The molecule has 1 amide bonds. The molecule has 104 valence electrons. The summed E-state index contributed by atoms with van der Waals surface area (Å²) in [5, 5.41) is 12.2. The Kier molecular flexibility index (Phi) is 3.85. The van der Waals surface area contributed by atoms with Crippen molar-refractivity contribution in [3.05, 3.63) is 35.4 Å². The van der Waals surface area contributed by atoms with Gasteiger partial charge in [-0.15, -0.1) is 0 Å². The fraction of sp³-hybridized carbons (Fsp3) is 0.500. The van der Waals surface area contributed by atoms with E-state index in [-0.39, 0.29) is 23.6 Å². The van der Waals surface area contributed by atoms with E-state index in [1.807, 2.05) is 6.92 Å². The van der Waals surface area contributed by atoms with Crippen LogP contribution in [-0.2, 0) is 0 Å². The van der Waals surface area contributed by atoms with E-state index < -0.39 is 17.5 Å². The van der Waals surface area contributed by atoms with Gasteiger partial charge >= 0.3 is 0 Å². The highest BCUT2D eigenvalue weighted by atomic mass is 19.1. The van der Waals surface area contributed by atoms with Gasteiger partial charge in [0.1, 0.15) is 11.6 Å². The quantitative estimate of drug-likeness (QED) is 0.884. The van der Waals surface area contributed by atoms with Gasteiger partial charge in [-0.05, 0) is 25.0 Å². The summed E-state index contributed by atoms with van der Waals surface area (Å²) < 4.78 is 26.1. The first-order valence-electron chi connectivity index (χ1n) is 6.32. The van der Waals surface area contributed by atoms with E-state index in [4.69, 9.17) is 0 Å². The maximum Gasteiger partial charge on any atom is 0.251 e. The van der Waals surface area contributed by atoms with Crippen LogP contribution in [0, 0.1) is 17.0 Å². The first-order valence-corrected chi connectivity index (χ1v) is 6.32. The molecule has 5 heteroatoms. The van der Waals surface area contributed by atoms with Gasteiger partial charge in [0.15, 0.2) is 0 Å². The number of nitrogens with one attached hydrogen (secondary N) is 1. The molecule has 1 aromatic carbocycles. The average Bonchev–Trinajstić information content (AvgIpc) is 2.70. The summed E-state index contributed by atoms with van der Waals surface area (Å²) in [4.78, 5) is 12.0. The largest absolute Gasteiger partial charge is 0.396 e. The lowest BCUT2D eigenvalue weighted by Gasteiger charge is -2.30. The number of carbonyl (C=O) groups is 1. The summed E-state index contributed by atoms with van der Waals surface area (Å²) in [6, 6.07) is 2.56. The molecule has 2 unspecified atom stereocenters.